The summed E-state index contributed by atoms with van der Waals surface area (Å²) in [4.78, 5) is 14.9. The van der Waals surface area contributed by atoms with Crippen LogP contribution in [0.4, 0.5) is 0 Å². The van der Waals surface area contributed by atoms with E-state index in [0.29, 0.717) is 0 Å². The molecule has 28 heavy (non-hydrogen) atoms. The molecule has 4 rings (SSSR count). The molecule has 0 aliphatic heterocycles. The van der Waals surface area contributed by atoms with Crippen molar-refractivity contribution in [3.63, 3.8) is 0 Å². The van der Waals surface area contributed by atoms with E-state index in [-0.39, 0.29) is 34.6 Å². The molecule has 0 spiro atoms. The first-order chi connectivity index (χ1) is 13.7. The van der Waals surface area contributed by atoms with Crippen LogP contribution in [0.5, 0.6) is 0 Å². The molecule has 3 aromatic carbocycles. The van der Waals surface area contributed by atoms with Crippen molar-refractivity contribution in [2.24, 2.45) is 0 Å². The number of H-pyrrole nitrogens is 1. The van der Waals surface area contributed by atoms with Crippen LogP contribution in [-0.2, 0) is 0 Å². The summed E-state index contributed by atoms with van der Waals surface area (Å²) in [5.74, 6) is -0.312. The van der Waals surface area contributed by atoms with E-state index in [1.165, 1.54) is 3.57 Å². The van der Waals surface area contributed by atoms with E-state index < -0.39 is 0 Å². The Hall–Kier alpha value is -1.94. The maximum absolute atomic E-state index is 11.6. The average Bonchev–Trinajstić information content (AvgIpc) is 3.12. The number of hydrogen-bond acceptors (Lipinski definition) is 2. The van der Waals surface area contributed by atoms with Gasteiger partial charge in [-0.25, -0.2) is 0 Å². The van der Waals surface area contributed by atoms with Gasteiger partial charge in [0.2, 0.25) is 0 Å². The first-order valence-corrected chi connectivity index (χ1v) is 16.2. The van der Waals surface area contributed by atoms with Crippen LogP contribution in [0.3, 0.4) is 0 Å². The van der Waals surface area contributed by atoms with E-state index in [1.807, 2.05) is 60.7 Å². The number of halogens is 2. The van der Waals surface area contributed by atoms with Gasteiger partial charge < -0.3 is 0 Å². The van der Waals surface area contributed by atoms with Crippen LogP contribution in [0.2, 0.25) is 0 Å². The number of nitro groups is 1. The molecule has 1 aromatic heterocycles. The molecule has 1 atom stereocenters. The topological polar surface area (TPSA) is 58.9 Å². The van der Waals surface area contributed by atoms with E-state index in [4.69, 9.17) is 0 Å². The summed E-state index contributed by atoms with van der Waals surface area (Å²) < 4.78 is 1.28. The zero-order valence-electron chi connectivity index (χ0n) is 14.8. The molecule has 1 heterocycles. The van der Waals surface area contributed by atoms with Gasteiger partial charge in [-0.2, -0.15) is 0 Å². The van der Waals surface area contributed by atoms with Gasteiger partial charge in [-0.1, -0.05) is 0 Å². The Morgan fingerprint density at radius 2 is 1.75 bits per heavy atom. The Kier molecular flexibility index (Phi) is 5.96. The molecule has 0 amide bonds. The van der Waals surface area contributed by atoms with Gasteiger partial charge in [0.15, 0.2) is 0 Å². The molecule has 0 radical (unpaired) electrons. The van der Waals surface area contributed by atoms with Gasteiger partial charge in [0.1, 0.15) is 0 Å². The maximum atomic E-state index is 11.6. The van der Waals surface area contributed by atoms with E-state index >= 15 is 0 Å². The number of aromatic nitrogens is 1. The first kappa shape index (κ1) is 19.4. The average molecular weight is 595 g/mol. The Morgan fingerprint density at radius 3 is 2.50 bits per heavy atom. The number of hydrogen-bond donors (Lipinski definition) is 1. The van der Waals surface area contributed by atoms with Gasteiger partial charge in [0.05, 0.1) is 0 Å². The Labute approximate surface area is 183 Å². The number of nitrogens with zero attached hydrogens (tertiary/aromatic N) is 1. The Bertz CT molecular complexity index is 1130. The SMILES string of the molecule is O=[N+]([O-])CC(c1cccc([I-]I)c1)c1c(-c2ccccc2)[nH]c2ccccc12. The third-order valence-electron chi connectivity index (χ3n) is 4.82. The molecule has 1 N–H and O–H groups in total. The van der Waals surface area contributed by atoms with E-state index in [0.717, 1.165) is 33.3 Å². The van der Waals surface area contributed by atoms with Gasteiger partial charge >= 0.3 is 184 Å². The number of benzene rings is 3. The van der Waals surface area contributed by atoms with Crippen molar-refractivity contribution in [3.8, 4) is 11.3 Å². The zero-order valence-corrected chi connectivity index (χ0v) is 19.1. The molecule has 142 valence electrons. The molecule has 0 bridgehead atoms. The van der Waals surface area contributed by atoms with Crippen LogP contribution in [0, 0.1) is 13.7 Å². The van der Waals surface area contributed by atoms with E-state index in [2.05, 4.69) is 41.8 Å². The second-order valence-electron chi connectivity index (χ2n) is 6.52. The molecule has 0 aliphatic rings. The Morgan fingerprint density at radius 1 is 1.00 bits per heavy atom. The number of fused-ring (bicyclic) bond motifs is 1. The summed E-state index contributed by atoms with van der Waals surface area (Å²) >= 11 is 2.32. The van der Waals surface area contributed by atoms with Crippen molar-refractivity contribution in [2.45, 2.75) is 5.92 Å². The summed E-state index contributed by atoms with van der Waals surface area (Å²) in [6.07, 6.45) is 0. The molecule has 0 saturated heterocycles. The van der Waals surface area contributed by atoms with Crippen molar-refractivity contribution in [1.29, 1.82) is 0 Å². The summed E-state index contributed by atoms with van der Waals surface area (Å²) in [5.41, 5.74) is 5.01. The van der Waals surface area contributed by atoms with Gasteiger partial charge in [0.25, 0.3) is 0 Å². The van der Waals surface area contributed by atoms with E-state index in [9.17, 15) is 10.1 Å². The van der Waals surface area contributed by atoms with Crippen LogP contribution in [0.15, 0.2) is 78.9 Å². The quantitative estimate of drug-likeness (QED) is 0.212. The van der Waals surface area contributed by atoms with Gasteiger partial charge in [-0.3, -0.25) is 0 Å². The predicted molar refractivity (Wildman–Crippen MR) is 117 cm³/mol. The number of para-hydroxylation sites is 1. The molecule has 6 heteroatoms. The second kappa shape index (κ2) is 8.60. The van der Waals surface area contributed by atoms with Crippen molar-refractivity contribution in [1.82, 2.24) is 4.98 Å². The summed E-state index contributed by atoms with van der Waals surface area (Å²) in [7, 11) is 0. The first-order valence-electron chi connectivity index (χ1n) is 8.81. The summed E-state index contributed by atoms with van der Waals surface area (Å²) in [5, 5.41) is 12.7. The molecule has 0 aliphatic carbocycles. The minimum atomic E-state index is -0.312. The molecular formula is C22H17I2N2O2-. The van der Waals surface area contributed by atoms with Crippen molar-refractivity contribution in [3.05, 3.63) is 104 Å². The summed E-state index contributed by atoms with van der Waals surface area (Å²) in [6.45, 7) is -0.134. The van der Waals surface area contributed by atoms with Crippen molar-refractivity contribution >= 4 is 29.5 Å². The second-order valence-corrected chi connectivity index (χ2v) is 10.9. The number of rotatable bonds is 6. The number of aromatic amines is 1. The molecule has 0 saturated carbocycles. The third-order valence-corrected chi connectivity index (χ3v) is 9.12. The van der Waals surface area contributed by atoms with Gasteiger partial charge in [-0.15, -0.1) is 0 Å². The van der Waals surface area contributed by atoms with Crippen LogP contribution in [0.1, 0.15) is 17.0 Å². The fraction of sp³-hybridized carbons (Fsp3) is 0.0909. The standard InChI is InChI=1S/C22H17I2N2O2/c23-24-17-10-6-9-16(13-17)19(14-26(27)28)21-18-11-4-5-12-20(18)25-22(21)15-7-2-1-3-8-15/h1-13,19,25H,14H2/q-1. The normalized spacial score (nSPS) is 12.3. The minimum absolute atomic E-state index is 0.108. The molecular weight excluding hydrogens is 578 g/mol. The van der Waals surface area contributed by atoms with Crippen LogP contribution in [-0.4, -0.2) is 16.5 Å². The third kappa shape index (κ3) is 3.93. The van der Waals surface area contributed by atoms with Crippen molar-refractivity contribution in [2.75, 3.05) is 6.54 Å². The van der Waals surface area contributed by atoms with Crippen LogP contribution in [0.25, 0.3) is 22.2 Å². The monoisotopic (exact) mass is 595 g/mol. The van der Waals surface area contributed by atoms with Gasteiger partial charge in [-0.05, 0) is 0 Å². The van der Waals surface area contributed by atoms with Crippen LogP contribution >= 0.6 is 18.6 Å². The van der Waals surface area contributed by atoms with Crippen LogP contribution < -0.4 is 17.2 Å². The van der Waals surface area contributed by atoms with Crippen molar-refractivity contribution < 1.29 is 22.2 Å². The van der Waals surface area contributed by atoms with E-state index in [1.54, 1.807) is 0 Å². The fourth-order valence-corrected chi connectivity index (χ4v) is 6.16. The molecule has 1 unspecified atom stereocenters. The predicted octanol–water partition coefficient (Wildman–Crippen LogP) is 2.85. The Balaban J connectivity index is 1.98. The zero-order chi connectivity index (χ0) is 19.5. The van der Waals surface area contributed by atoms with Gasteiger partial charge in [0, 0.05) is 0 Å². The molecule has 4 nitrogen and oxygen atoms in total. The fourth-order valence-electron chi connectivity index (χ4n) is 3.64. The number of nitrogens with one attached hydrogen (secondary N) is 1. The molecule has 4 aromatic rings. The summed E-state index contributed by atoms with van der Waals surface area (Å²) in [6, 6.07) is 26.4. The molecule has 0 fully saturated rings.